The molecule has 3 heterocycles. The van der Waals surface area contributed by atoms with Crippen molar-refractivity contribution in [3.63, 3.8) is 0 Å². The summed E-state index contributed by atoms with van der Waals surface area (Å²) in [6.07, 6.45) is -2.66. The quantitative estimate of drug-likeness (QED) is 0.0834. The van der Waals surface area contributed by atoms with E-state index < -0.39 is 60.4 Å². The van der Waals surface area contributed by atoms with Crippen LogP contribution in [0.15, 0.2) is 84.4 Å². The van der Waals surface area contributed by atoms with E-state index in [-0.39, 0.29) is 54.1 Å². The Morgan fingerprint density at radius 3 is 2.25 bits per heavy atom. The van der Waals surface area contributed by atoms with Crippen LogP contribution < -0.4 is 10.2 Å². The number of carbonyl (C=O) groups is 4. The predicted octanol–water partition coefficient (Wildman–Crippen LogP) is 7.11. The number of alkyl halides is 5. The third-order valence-electron chi connectivity index (χ3n) is 9.77. The highest BCUT2D eigenvalue weighted by Crippen LogP contribution is 2.59. The molecule has 1 saturated heterocycles. The fourth-order valence-corrected chi connectivity index (χ4v) is 8.69. The Labute approximate surface area is 342 Å². The summed E-state index contributed by atoms with van der Waals surface area (Å²) in [4.78, 5) is 82.2. The first-order valence-electron chi connectivity index (χ1n) is 18.0. The van der Waals surface area contributed by atoms with Crippen LogP contribution in [0.5, 0.6) is 0 Å². The molecule has 20 heteroatoms. The van der Waals surface area contributed by atoms with Crippen LogP contribution in [-0.4, -0.2) is 87.5 Å². The first-order valence-corrected chi connectivity index (χ1v) is 21.3. The Bertz CT molecular complexity index is 2390. The Balaban J connectivity index is 1.30. The third-order valence-corrected chi connectivity index (χ3v) is 12.7. The zero-order valence-corrected chi connectivity index (χ0v) is 33.9. The van der Waals surface area contributed by atoms with Gasteiger partial charge in [0.2, 0.25) is 17.7 Å². The van der Waals surface area contributed by atoms with Crippen molar-refractivity contribution in [2.24, 2.45) is 0 Å². The summed E-state index contributed by atoms with van der Waals surface area (Å²) in [6.45, 7) is 0.0754. The molecule has 1 aliphatic heterocycles. The molecule has 2 aromatic heterocycles. The number of halogens is 5. The summed E-state index contributed by atoms with van der Waals surface area (Å²) in [5.74, 6) is -2.28. The normalized spacial score (nSPS) is 15.3. The largest absolute Gasteiger partial charge is 0.416 e. The molecule has 0 saturated carbocycles. The maximum Gasteiger partial charge on any atom is 0.416 e. The molecule has 0 spiro atoms. The van der Waals surface area contributed by atoms with Gasteiger partial charge in [-0.3, -0.25) is 23.7 Å². The molecule has 2 atom stereocenters. The Morgan fingerprint density at radius 2 is 1.64 bits per heavy atom. The molecule has 59 heavy (non-hydrogen) atoms. The number of hydrogen-bond acceptors (Lipinski definition) is 8. The van der Waals surface area contributed by atoms with Gasteiger partial charge in [0.15, 0.2) is 0 Å². The molecule has 5 aromatic rings. The molecule has 12 nitrogen and oxygen atoms in total. The highest BCUT2D eigenvalue weighted by Gasteiger charge is 2.50. The molecule has 312 valence electrons. The highest BCUT2D eigenvalue weighted by molar-refractivity contribution is 7.52. The van der Waals surface area contributed by atoms with E-state index in [1.165, 1.54) is 50.3 Å². The molecule has 0 bridgehead atoms. The van der Waals surface area contributed by atoms with Crippen LogP contribution in [0.4, 0.5) is 27.6 Å². The van der Waals surface area contributed by atoms with Crippen molar-refractivity contribution < 1.29 is 55.5 Å². The number of benzene rings is 3. The van der Waals surface area contributed by atoms with E-state index in [4.69, 9.17) is 0 Å². The standard InChI is InChI=1S/C39H37F5N5O7PS2/c1-47(2)33(50)15-18-48(28-12-7-24(8-13-28)35-45-16-19-58-35)37(53)30-4-3-17-49(30)36(52)29(20-23-5-9-26(10-6-23)38(40,41)42)46-34(51)32-22-25-21-27(11-14-31(25)59-32)39(43,44)57(54,55)56/h5-14,16,19,21-22,29-30H,3-4,15,17-18,20H2,1-2H3,(H,46,51)(H2,54,55,56)/t29-,30-/m0/s1. The minimum absolute atomic E-state index is 0.0234. The van der Waals surface area contributed by atoms with Crippen LogP contribution in [0.1, 0.15) is 45.6 Å². The van der Waals surface area contributed by atoms with Gasteiger partial charge < -0.3 is 29.8 Å². The summed E-state index contributed by atoms with van der Waals surface area (Å²) < 4.78 is 80.9. The number of amides is 4. The van der Waals surface area contributed by atoms with Gasteiger partial charge in [0.1, 0.15) is 17.1 Å². The average molecular weight is 878 g/mol. The van der Waals surface area contributed by atoms with E-state index in [9.17, 15) is 55.5 Å². The molecule has 3 N–H and O–H groups in total. The van der Waals surface area contributed by atoms with Crippen LogP contribution in [-0.2, 0) is 37.2 Å². The van der Waals surface area contributed by atoms with E-state index >= 15 is 0 Å². The molecule has 0 aliphatic carbocycles. The lowest BCUT2D eigenvalue weighted by Crippen LogP contribution is -2.55. The van der Waals surface area contributed by atoms with Crippen molar-refractivity contribution in [1.82, 2.24) is 20.1 Å². The lowest BCUT2D eigenvalue weighted by Gasteiger charge is -2.33. The average Bonchev–Trinajstić information content (AvgIpc) is 3.98. The number of hydrogen-bond donors (Lipinski definition) is 3. The molecule has 4 amide bonds. The van der Waals surface area contributed by atoms with Crippen molar-refractivity contribution in [2.45, 2.75) is 49.6 Å². The number of carbonyl (C=O) groups excluding carboxylic acids is 4. The fourth-order valence-electron chi connectivity index (χ4n) is 6.62. The SMILES string of the molecule is CN(C)C(=O)CCN(C(=O)[C@@H]1CCCN1C(=O)[C@H](Cc1ccc(C(F)(F)F)cc1)NC(=O)c1cc2cc(C(F)(F)P(=O)(O)O)ccc2s1)c1ccc(-c2nccs2)cc1. The van der Waals surface area contributed by atoms with Crippen LogP contribution >= 0.6 is 30.3 Å². The minimum atomic E-state index is -5.89. The number of thiazole rings is 1. The molecule has 1 fully saturated rings. The Morgan fingerprint density at radius 1 is 0.966 bits per heavy atom. The first-order chi connectivity index (χ1) is 27.7. The minimum Gasteiger partial charge on any atom is -0.349 e. The second-order valence-corrected chi connectivity index (χ2v) is 17.6. The number of anilines is 1. The van der Waals surface area contributed by atoms with Gasteiger partial charge in [-0.2, -0.15) is 22.0 Å². The summed E-state index contributed by atoms with van der Waals surface area (Å²) in [5.41, 5.74) is -4.89. The topological polar surface area (TPSA) is 160 Å². The van der Waals surface area contributed by atoms with Gasteiger partial charge in [0.05, 0.1) is 10.4 Å². The molecule has 1 aliphatic rings. The summed E-state index contributed by atoms with van der Waals surface area (Å²) in [7, 11) is -2.72. The lowest BCUT2D eigenvalue weighted by atomic mass is 10.0. The maximum atomic E-state index is 14.5. The predicted molar refractivity (Wildman–Crippen MR) is 212 cm³/mol. The van der Waals surface area contributed by atoms with Crippen LogP contribution in [0.2, 0.25) is 0 Å². The summed E-state index contributed by atoms with van der Waals surface area (Å²) in [6, 6.07) is 12.6. The Hall–Kier alpha value is -5.07. The van der Waals surface area contributed by atoms with E-state index in [1.54, 1.807) is 44.6 Å². The van der Waals surface area contributed by atoms with Crippen molar-refractivity contribution in [1.29, 1.82) is 0 Å². The van der Waals surface area contributed by atoms with Crippen LogP contribution in [0.3, 0.4) is 0 Å². The van der Waals surface area contributed by atoms with E-state index in [1.807, 2.05) is 5.38 Å². The van der Waals surface area contributed by atoms with Gasteiger partial charge in [-0.1, -0.05) is 18.2 Å². The van der Waals surface area contributed by atoms with E-state index in [0.717, 1.165) is 46.2 Å². The smallest absolute Gasteiger partial charge is 0.349 e. The fraction of sp³-hybridized carbons (Fsp3) is 0.308. The van der Waals surface area contributed by atoms with E-state index in [2.05, 4.69) is 10.3 Å². The molecule has 0 radical (unpaired) electrons. The van der Waals surface area contributed by atoms with Gasteiger partial charge >= 0.3 is 19.4 Å². The zero-order valence-electron chi connectivity index (χ0n) is 31.4. The molecular formula is C39H37F5N5O7PS2. The second-order valence-electron chi connectivity index (χ2n) is 14.0. The number of likely N-dealkylation sites (tertiary alicyclic amines) is 1. The maximum absolute atomic E-state index is 14.5. The van der Waals surface area contributed by atoms with Gasteiger partial charge in [-0.25, -0.2) is 4.98 Å². The highest BCUT2D eigenvalue weighted by atomic mass is 32.1. The van der Waals surface area contributed by atoms with Gasteiger partial charge in [0, 0.05) is 73.1 Å². The van der Waals surface area contributed by atoms with Crippen LogP contribution in [0.25, 0.3) is 20.7 Å². The van der Waals surface area contributed by atoms with E-state index in [0.29, 0.717) is 16.8 Å². The van der Waals surface area contributed by atoms with Crippen molar-refractivity contribution in [3.05, 3.63) is 106 Å². The first kappa shape index (κ1) is 43.5. The Kier molecular flexibility index (Phi) is 12.7. The lowest BCUT2D eigenvalue weighted by molar-refractivity contribution is -0.139. The number of rotatable bonds is 13. The molecular weight excluding hydrogens is 841 g/mol. The number of thiophene rings is 1. The van der Waals surface area contributed by atoms with Crippen LogP contribution in [0, 0.1) is 0 Å². The second kappa shape index (κ2) is 17.3. The number of nitrogens with zero attached hydrogens (tertiary/aromatic N) is 4. The molecule has 6 rings (SSSR count). The van der Waals surface area contributed by atoms with Crippen molar-refractivity contribution in [3.8, 4) is 10.6 Å². The van der Waals surface area contributed by atoms with Gasteiger partial charge in [-0.05, 0) is 78.4 Å². The summed E-state index contributed by atoms with van der Waals surface area (Å²) in [5, 5.41) is 5.28. The monoisotopic (exact) mass is 877 g/mol. The number of aromatic nitrogens is 1. The van der Waals surface area contributed by atoms with Crippen molar-refractivity contribution >= 4 is 69.7 Å². The molecule has 0 unspecified atom stereocenters. The molecule has 3 aromatic carbocycles. The van der Waals surface area contributed by atoms with Gasteiger partial charge in [0.25, 0.3) is 5.91 Å². The van der Waals surface area contributed by atoms with Crippen molar-refractivity contribution in [2.75, 3.05) is 32.1 Å². The third kappa shape index (κ3) is 9.71. The summed E-state index contributed by atoms with van der Waals surface area (Å²) >= 11 is 2.28. The zero-order chi connectivity index (χ0) is 42.9. The number of fused-ring (bicyclic) bond motifs is 1. The van der Waals surface area contributed by atoms with Gasteiger partial charge in [-0.15, -0.1) is 22.7 Å². The number of nitrogens with one attached hydrogen (secondary N) is 1.